The van der Waals surface area contributed by atoms with Crippen LogP contribution in [-0.4, -0.2) is 47.0 Å². The van der Waals surface area contributed by atoms with Crippen LogP contribution in [0.1, 0.15) is 29.2 Å². The number of carbonyl (C=O) groups excluding carboxylic acids is 1. The average Bonchev–Trinajstić information content (AvgIpc) is 2.78. The number of carbonyl (C=O) groups is 1. The van der Waals surface area contributed by atoms with Gasteiger partial charge in [-0.05, 0) is 18.1 Å². The largest absolute Gasteiger partial charge is 0.353 e. The van der Waals surface area contributed by atoms with E-state index in [9.17, 15) is 4.79 Å². The standard InChI is InChI=1S/C24H26N4O/c1-19-16-23(26-18-25-19)27-12-14-28(15-13-27)24(29)17-22(20-8-4-2-5-9-20)21-10-6-3-7-11-21/h2-11,16,18,22H,12-15,17H2,1H3. The summed E-state index contributed by atoms with van der Waals surface area (Å²) in [5.74, 6) is 1.23. The van der Waals surface area contributed by atoms with Crippen LogP contribution in [-0.2, 0) is 4.79 Å². The van der Waals surface area contributed by atoms with E-state index in [1.165, 1.54) is 11.1 Å². The predicted octanol–water partition coefficient (Wildman–Crippen LogP) is 3.66. The Bertz CT molecular complexity index is 898. The van der Waals surface area contributed by atoms with Crippen molar-refractivity contribution >= 4 is 11.7 Å². The maximum atomic E-state index is 13.1. The highest BCUT2D eigenvalue weighted by molar-refractivity contribution is 5.78. The molecule has 2 aromatic carbocycles. The van der Waals surface area contributed by atoms with Gasteiger partial charge in [0.2, 0.25) is 5.91 Å². The van der Waals surface area contributed by atoms with Crippen LogP contribution in [0.25, 0.3) is 0 Å². The Labute approximate surface area is 172 Å². The molecule has 1 aliphatic heterocycles. The van der Waals surface area contributed by atoms with Crippen LogP contribution in [0.5, 0.6) is 0 Å². The zero-order chi connectivity index (χ0) is 20.1. The number of piperazine rings is 1. The first kappa shape index (κ1) is 19.1. The molecule has 0 unspecified atom stereocenters. The van der Waals surface area contributed by atoms with Crippen LogP contribution >= 0.6 is 0 Å². The Morgan fingerprint density at radius 3 is 2.03 bits per heavy atom. The first-order valence-electron chi connectivity index (χ1n) is 10.1. The Balaban J connectivity index is 1.44. The molecule has 0 spiro atoms. The summed E-state index contributed by atoms with van der Waals surface area (Å²) < 4.78 is 0. The van der Waals surface area contributed by atoms with Gasteiger partial charge in [-0.25, -0.2) is 9.97 Å². The summed E-state index contributed by atoms with van der Waals surface area (Å²) in [5.41, 5.74) is 3.33. The van der Waals surface area contributed by atoms with E-state index in [2.05, 4.69) is 39.1 Å². The first-order valence-corrected chi connectivity index (χ1v) is 10.1. The smallest absolute Gasteiger partial charge is 0.223 e. The molecule has 1 aromatic heterocycles. The maximum Gasteiger partial charge on any atom is 0.223 e. The van der Waals surface area contributed by atoms with Gasteiger partial charge in [0, 0.05) is 50.3 Å². The summed E-state index contributed by atoms with van der Waals surface area (Å²) in [5, 5.41) is 0. The molecule has 0 bridgehead atoms. The molecule has 0 radical (unpaired) electrons. The molecule has 1 aliphatic rings. The number of anilines is 1. The molecule has 1 fully saturated rings. The van der Waals surface area contributed by atoms with Crippen molar-refractivity contribution in [3.8, 4) is 0 Å². The van der Waals surface area contributed by atoms with E-state index in [-0.39, 0.29) is 11.8 Å². The summed E-state index contributed by atoms with van der Waals surface area (Å²) in [6, 6.07) is 22.6. The minimum absolute atomic E-state index is 0.0763. The van der Waals surface area contributed by atoms with E-state index in [0.717, 1.165) is 37.7 Å². The lowest BCUT2D eigenvalue weighted by Gasteiger charge is -2.36. The van der Waals surface area contributed by atoms with Gasteiger partial charge in [0.05, 0.1) is 0 Å². The van der Waals surface area contributed by atoms with E-state index in [0.29, 0.717) is 6.42 Å². The Hall–Kier alpha value is -3.21. The van der Waals surface area contributed by atoms with Crippen molar-refractivity contribution in [2.75, 3.05) is 31.1 Å². The van der Waals surface area contributed by atoms with Crippen molar-refractivity contribution in [1.29, 1.82) is 0 Å². The topological polar surface area (TPSA) is 49.3 Å². The molecule has 3 aromatic rings. The zero-order valence-corrected chi connectivity index (χ0v) is 16.7. The number of rotatable bonds is 5. The van der Waals surface area contributed by atoms with Gasteiger partial charge < -0.3 is 9.80 Å². The molecular formula is C24H26N4O. The minimum atomic E-state index is 0.0763. The third kappa shape index (κ3) is 4.62. The fraction of sp³-hybridized carbons (Fsp3) is 0.292. The highest BCUT2D eigenvalue weighted by Crippen LogP contribution is 2.29. The number of amides is 1. The van der Waals surface area contributed by atoms with E-state index in [1.54, 1.807) is 6.33 Å². The van der Waals surface area contributed by atoms with Gasteiger partial charge in [-0.3, -0.25) is 4.79 Å². The van der Waals surface area contributed by atoms with E-state index in [1.807, 2.05) is 54.3 Å². The number of aryl methyl sites for hydroxylation is 1. The van der Waals surface area contributed by atoms with Crippen molar-refractivity contribution in [2.45, 2.75) is 19.3 Å². The lowest BCUT2D eigenvalue weighted by atomic mass is 9.88. The third-order valence-electron chi connectivity index (χ3n) is 5.53. The summed E-state index contributed by atoms with van der Waals surface area (Å²) in [7, 11) is 0. The number of hydrogen-bond acceptors (Lipinski definition) is 4. The van der Waals surface area contributed by atoms with Gasteiger partial charge in [-0.1, -0.05) is 60.7 Å². The van der Waals surface area contributed by atoms with Crippen LogP contribution in [0.4, 0.5) is 5.82 Å². The molecule has 0 saturated carbocycles. The molecule has 5 nitrogen and oxygen atoms in total. The number of nitrogens with zero attached hydrogens (tertiary/aromatic N) is 4. The summed E-state index contributed by atoms with van der Waals surface area (Å²) in [4.78, 5) is 25.9. The molecular weight excluding hydrogens is 360 g/mol. The Kier molecular flexibility index (Phi) is 5.84. The molecule has 0 aliphatic carbocycles. The van der Waals surface area contributed by atoms with Gasteiger partial charge in [0.25, 0.3) is 0 Å². The van der Waals surface area contributed by atoms with Crippen molar-refractivity contribution in [1.82, 2.24) is 14.9 Å². The van der Waals surface area contributed by atoms with E-state index in [4.69, 9.17) is 0 Å². The van der Waals surface area contributed by atoms with E-state index >= 15 is 0 Å². The molecule has 0 N–H and O–H groups in total. The molecule has 0 atom stereocenters. The van der Waals surface area contributed by atoms with Crippen LogP contribution in [0.15, 0.2) is 73.1 Å². The quantitative estimate of drug-likeness (QED) is 0.672. The van der Waals surface area contributed by atoms with Gasteiger partial charge >= 0.3 is 0 Å². The Morgan fingerprint density at radius 2 is 1.48 bits per heavy atom. The second-order valence-corrected chi connectivity index (χ2v) is 7.46. The fourth-order valence-electron chi connectivity index (χ4n) is 3.90. The lowest BCUT2D eigenvalue weighted by molar-refractivity contribution is -0.131. The maximum absolute atomic E-state index is 13.1. The number of hydrogen-bond donors (Lipinski definition) is 0. The predicted molar refractivity (Wildman–Crippen MR) is 115 cm³/mol. The van der Waals surface area contributed by atoms with Crippen LogP contribution in [0.2, 0.25) is 0 Å². The number of benzene rings is 2. The summed E-state index contributed by atoms with van der Waals surface area (Å²) in [6.45, 7) is 5.00. The summed E-state index contributed by atoms with van der Waals surface area (Å²) >= 11 is 0. The SMILES string of the molecule is Cc1cc(N2CCN(C(=O)CC(c3ccccc3)c3ccccc3)CC2)ncn1. The minimum Gasteiger partial charge on any atom is -0.353 e. The second kappa shape index (κ2) is 8.86. The molecule has 5 heteroatoms. The third-order valence-corrected chi connectivity index (χ3v) is 5.53. The highest BCUT2D eigenvalue weighted by Gasteiger charge is 2.25. The Morgan fingerprint density at radius 1 is 0.897 bits per heavy atom. The van der Waals surface area contributed by atoms with Crippen molar-refractivity contribution in [2.24, 2.45) is 0 Å². The number of aromatic nitrogens is 2. The zero-order valence-electron chi connectivity index (χ0n) is 16.7. The van der Waals surface area contributed by atoms with Gasteiger partial charge in [-0.2, -0.15) is 0 Å². The normalized spacial score (nSPS) is 14.3. The molecule has 29 heavy (non-hydrogen) atoms. The molecule has 148 valence electrons. The van der Waals surface area contributed by atoms with Crippen molar-refractivity contribution < 1.29 is 4.79 Å². The fourth-order valence-corrected chi connectivity index (χ4v) is 3.90. The molecule has 2 heterocycles. The van der Waals surface area contributed by atoms with Crippen molar-refractivity contribution in [3.63, 3.8) is 0 Å². The van der Waals surface area contributed by atoms with Crippen LogP contribution in [0.3, 0.4) is 0 Å². The first-order chi connectivity index (χ1) is 14.2. The van der Waals surface area contributed by atoms with Crippen LogP contribution in [0, 0.1) is 6.92 Å². The monoisotopic (exact) mass is 386 g/mol. The van der Waals surface area contributed by atoms with Gasteiger partial charge in [0.1, 0.15) is 12.1 Å². The van der Waals surface area contributed by atoms with Crippen molar-refractivity contribution in [3.05, 3.63) is 89.9 Å². The molecule has 1 saturated heterocycles. The lowest BCUT2D eigenvalue weighted by Crippen LogP contribution is -2.49. The van der Waals surface area contributed by atoms with Gasteiger partial charge in [-0.15, -0.1) is 0 Å². The van der Waals surface area contributed by atoms with Crippen LogP contribution < -0.4 is 4.90 Å². The van der Waals surface area contributed by atoms with E-state index < -0.39 is 0 Å². The summed E-state index contributed by atoms with van der Waals surface area (Å²) in [6.07, 6.45) is 2.09. The molecule has 4 rings (SSSR count). The highest BCUT2D eigenvalue weighted by atomic mass is 16.2. The second-order valence-electron chi connectivity index (χ2n) is 7.46. The van der Waals surface area contributed by atoms with Gasteiger partial charge in [0.15, 0.2) is 0 Å². The average molecular weight is 386 g/mol. The molecule has 1 amide bonds.